The molecule has 4 aromatic heterocycles. The average molecular weight is 425 g/mol. The summed E-state index contributed by atoms with van der Waals surface area (Å²) < 4.78 is 5.52. The highest BCUT2D eigenvalue weighted by atomic mass is 16.2. The minimum absolute atomic E-state index is 0.0315. The van der Waals surface area contributed by atoms with Gasteiger partial charge in [0.25, 0.3) is 5.56 Å². The molecule has 5 rings (SSSR count). The molecule has 0 unspecified atom stereocenters. The third-order valence-electron chi connectivity index (χ3n) is 5.44. The second-order valence-electron chi connectivity index (χ2n) is 7.45. The van der Waals surface area contributed by atoms with Crippen molar-refractivity contribution in [2.45, 2.75) is 19.1 Å². The van der Waals surface area contributed by atoms with Gasteiger partial charge in [-0.25, -0.2) is 14.5 Å². The van der Waals surface area contributed by atoms with E-state index in [4.69, 9.17) is 0 Å². The van der Waals surface area contributed by atoms with Crippen molar-refractivity contribution in [2.75, 3.05) is 13.1 Å². The first-order chi connectivity index (χ1) is 14.9. The summed E-state index contributed by atoms with van der Waals surface area (Å²) in [7, 11) is 2.94. The lowest BCUT2D eigenvalue weighted by Crippen LogP contribution is -2.52. The Morgan fingerprint density at radius 1 is 1.13 bits per heavy atom. The summed E-state index contributed by atoms with van der Waals surface area (Å²) in [6.07, 6.45) is 6.43. The number of aryl methyl sites for hydroxylation is 1. The Bertz CT molecular complexity index is 1390. The van der Waals surface area contributed by atoms with E-state index in [0.29, 0.717) is 19.6 Å². The standard InChI is InChI=1S/C17H19N11O3/c1-23-15-14(16(30)24(2)17(23)31)26(10-18-15)9-13(29)25-7-12(8-25)27-5-11(21-22-27)6-28-19-3-4-20-28/h3-5,10,12H,6-9H2,1-2H3. The van der Waals surface area contributed by atoms with Gasteiger partial charge in [-0.2, -0.15) is 15.0 Å². The summed E-state index contributed by atoms with van der Waals surface area (Å²) in [4.78, 5) is 44.6. The van der Waals surface area contributed by atoms with Crippen LogP contribution >= 0.6 is 0 Å². The molecule has 0 saturated carbocycles. The Morgan fingerprint density at radius 2 is 1.87 bits per heavy atom. The molecule has 0 aliphatic carbocycles. The molecule has 0 aromatic carbocycles. The Balaban J connectivity index is 1.26. The highest BCUT2D eigenvalue weighted by molar-refractivity contribution is 5.79. The number of amides is 1. The second-order valence-corrected chi connectivity index (χ2v) is 7.45. The summed E-state index contributed by atoms with van der Waals surface area (Å²) in [6, 6.07) is 0.0315. The van der Waals surface area contributed by atoms with Gasteiger partial charge < -0.3 is 9.47 Å². The predicted molar refractivity (Wildman–Crippen MR) is 105 cm³/mol. The molecular formula is C17H19N11O3. The monoisotopic (exact) mass is 425 g/mol. The van der Waals surface area contributed by atoms with Crippen molar-refractivity contribution in [1.29, 1.82) is 0 Å². The van der Waals surface area contributed by atoms with E-state index in [0.717, 1.165) is 10.3 Å². The second kappa shape index (κ2) is 7.00. The molecule has 1 fully saturated rings. The number of rotatable bonds is 5. The fourth-order valence-corrected chi connectivity index (χ4v) is 3.62. The zero-order chi connectivity index (χ0) is 21.7. The lowest BCUT2D eigenvalue weighted by atomic mass is 10.1. The molecule has 1 aliphatic heterocycles. The number of aromatic nitrogens is 10. The van der Waals surface area contributed by atoms with E-state index in [1.54, 1.807) is 22.0 Å². The summed E-state index contributed by atoms with van der Waals surface area (Å²) in [5, 5.41) is 16.3. The summed E-state index contributed by atoms with van der Waals surface area (Å²) in [5.74, 6) is -0.146. The minimum atomic E-state index is -0.480. The Hall–Kier alpha value is -4.10. The van der Waals surface area contributed by atoms with E-state index in [1.807, 2.05) is 6.20 Å². The van der Waals surface area contributed by atoms with Crippen molar-refractivity contribution >= 4 is 17.1 Å². The van der Waals surface area contributed by atoms with Crippen LogP contribution in [0, 0.1) is 0 Å². The molecule has 14 nitrogen and oxygen atoms in total. The minimum Gasteiger partial charge on any atom is -0.337 e. The first-order valence-corrected chi connectivity index (χ1v) is 9.56. The first kappa shape index (κ1) is 18.9. The van der Waals surface area contributed by atoms with Crippen LogP contribution in [0.2, 0.25) is 0 Å². The number of imidazole rings is 1. The quantitative estimate of drug-likeness (QED) is 0.349. The zero-order valence-corrected chi connectivity index (χ0v) is 16.9. The molecular weight excluding hydrogens is 406 g/mol. The maximum atomic E-state index is 12.7. The predicted octanol–water partition coefficient (Wildman–Crippen LogP) is -2.25. The highest BCUT2D eigenvalue weighted by Gasteiger charge is 2.33. The van der Waals surface area contributed by atoms with Crippen LogP contribution in [0.4, 0.5) is 0 Å². The van der Waals surface area contributed by atoms with E-state index in [-0.39, 0.29) is 29.7 Å². The Morgan fingerprint density at radius 3 is 2.61 bits per heavy atom. The molecule has 1 saturated heterocycles. The average Bonchev–Trinajstić information content (AvgIpc) is 3.46. The van der Waals surface area contributed by atoms with Crippen molar-refractivity contribution in [3.8, 4) is 0 Å². The van der Waals surface area contributed by atoms with E-state index < -0.39 is 11.2 Å². The fourth-order valence-electron chi connectivity index (χ4n) is 3.62. The van der Waals surface area contributed by atoms with Crippen LogP contribution in [0.3, 0.4) is 0 Å². The molecule has 4 aromatic rings. The molecule has 0 N–H and O–H groups in total. The number of carbonyl (C=O) groups excluding carboxylic acids is 1. The number of carbonyl (C=O) groups is 1. The summed E-state index contributed by atoms with van der Waals surface area (Å²) in [6.45, 7) is 1.37. The van der Waals surface area contributed by atoms with E-state index >= 15 is 0 Å². The van der Waals surface area contributed by atoms with Crippen LogP contribution in [0.25, 0.3) is 11.2 Å². The first-order valence-electron chi connectivity index (χ1n) is 9.56. The van der Waals surface area contributed by atoms with Crippen molar-refractivity contribution in [1.82, 2.24) is 53.6 Å². The van der Waals surface area contributed by atoms with Gasteiger partial charge in [0.1, 0.15) is 18.8 Å². The molecule has 14 heteroatoms. The molecule has 0 bridgehead atoms. The lowest BCUT2D eigenvalue weighted by Gasteiger charge is -2.38. The molecule has 160 valence electrons. The molecule has 1 aliphatic rings. The number of fused-ring (bicyclic) bond motifs is 1. The van der Waals surface area contributed by atoms with Gasteiger partial charge in [-0.3, -0.25) is 18.7 Å². The molecule has 1 amide bonds. The maximum Gasteiger partial charge on any atom is 0.332 e. The van der Waals surface area contributed by atoms with Crippen molar-refractivity contribution in [2.24, 2.45) is 14.1 Å². The number of nitrogens with zero attached hydrogens (tertiary/aromatic N) is 11. The van der Waals surface area contributed by atoms with Crippen LogP contribution in [0.5, 0.6) is 0 Å². The molecule has 0 spiro atoms. The SMILES string of the molecule is Cn1c(=O)c2c(ncn2CC(=O)N2CC(n3cc(Cn4nccn4)nn3)C2)n(C)c1=O. The van der Waals surface area contributed by atoms with Gasteiger partial charge in [0.05, 0.1) is 31.0 Å². The van der Waals surface area contributed by atoms with Gasteiger partial charge in [0.15, 0.2) is 11.2 Å². The van der Waals surface area contributed by atoms with Gasteiger partial charge in [-0.15, -0.1) is 5.10 Å². The third kappa shape index (κ3) is 3.12. The lowest BCUT2D eigenvalue weighted by molar-refractivity contribution is -0.137. The molecule has 5 heterocycles. The van der Waals surface area contributed by atoms with Crippen molar-refractivity contribution in [3.05, 3.63) is 51.4 Å². The summed E-state index contributed by atoms with van der Waals surface area (Å²) >= 11 is 0. The topological polar surface area (TPSA) is 144 Å². The van der Waals surface area contributed by atoms with E-state index in [2.05, 4.69) is 25.5 Å². The smallest absolute Gasteiger partial charge is 0.332 e. The number of hydrogen-bond donors (Lipinski definition) is 0. The number of likely N-dealkylation sites (tertiary alicyclic amines) is 1. The number of hydrogen-bond acceptors (Lipinski definition) is 8. The Kier molecular flexibility index (Phi) is 4.27. The van der Waals surface area contributed by atoms with Gasteiger partial charge >= 0.3 is 5.69 Å². The van der Waals surface area contributed by atoms with E-state index in [9.17, 15) is 14.4 Å². The normalized spacial score (nSPS) is 14.3. The zero-order valence-electron chi connectivity index (χ0n) is 16.9. The molecule has 0 radical (unpaired) electrons. The van der Waals surface area contributed by atoms with Gasteiger partial charge in [0.2, 0.25) is 5.91 Å². The van der Waals surface area contributed by atoms with Gasteiger partial charge in [0, 0.05) is 27.2 Å². The largest absolute Gasteiger partial charge is 0.337 e. The van der Waals surface area contributed by atoms with Crippen LogP contribution in [0.1, 0.15) is 11.7 Å². The Labute approximate surface area is 173 Å². The van der Waals surface area contributed by atoms with Gasteiger partial charge in [-0.1, -0.05) is 5.21 Å². The van der Waals surface area contributed by atoms with Crippen molar-refractivity contribution in [3.63, 3.8) is 0 Å². The van der Waals surface area contributed by atoms with Crippen LogP contribution in [-0.2, 0) is 32.0 Å². The van der Waals surface area contributed by atoms with Crippen LogP contribution in [0.15, 0.2) is 34.5 Å². The van der Waals surface area contributed by atoms with E-state index in [1.165, 1.54) is 34.4 Å². The maximum absolute atomic E-state index is 12.7. The van der Waals surface area contributed by atoms with Crippen LogP contribution < -0.4 is 11.2 Å². The fraction of sp³-hybridized carbons (Fsp3) is 0.412. The molecule has 0 atom stereocenters. The van der Waals surface area contributed by atoms with Crippen molar-refractivity contribution < 1.29 is 4.79 Å². The summed E-state index contributed by atoms with van der Waals surface area (Å²) in [5.41, 5.74) is 0.265. The van der Waals surface area contributed by atoms with Gasteiger partial charge in [-0.05, 0) is 0 Å². The third-order valence-corrected chi connectivity index (χ3v) is 5.44. The molecule has 31 heavy (non-hydrogen) atoms. The van der Waals surface area contributed by atoms with Crippen LogP contribution in [-0.4, -0.2) is 72.6 Å². The highest BCUT2D eigenvalue weighted by Crippen LogP contribution is 2.21.